The van der Waals surface area contributed by atoms with Crippen molar-refractivity contribution in [1.82, 2.24) is 4.90 Å². The van der Waals surface area contributed by atoms with Crippen molar-refractivity contribution in [3.63, 3.8) is 0 Å². The molecule has 1 amide bonds. The van der Waals surface area contributed by atoms with Crippen molar-refractivity contribution in [2.75, 3.05) is 6.54 Å². The van der Waals surface area contributed by atoms with E-state index < -0.39 is 24.0 Å². The van der Waals surface area contributed by atoms with E-state index in [0.29, 0.717) is 38.5 Å². The zero-order valence-electron chi connectivity index (χ0n) is 12.0. The lowest BCUT2D eigenvalue weighted by Gasteiger charge is -2.33. The molecule has 0 bridgehead atoms. The molecule has 0 heterocycles. The fourth-order valence-electron chi connectivity index (χ4n) is 2.57. The fraction of sp³-hybridized carbons (Fsp3) is 0.857. The minimum Gasteiger partial charge on any atom is -0.329 e. The van der Waals surface area contributed by atoms with E-state index in [0.717, 1.165) is 4.90 Å². The van der Waals surface area contributed by atoms with Gasteiger partial charge in [-0.3, -0.25) is 4.79 Å². The lowest BCUT2D eigenvalue weighted by molar-refractivity contribution is -0.167. The molecule has 0 N–H and O–H groups in total. The molecular weight excluding hydrogens is 269 g/mol. The highest BCUT2D eigenvalue weighted by Crippen LogP contribution is 2.38. The Balaban J connectivity index is 2.98. The van der Waals surface area contributed by atoms with Crippen LogP contribution in [-0.4, -0.2) is 29.6 Å². The fourth-order valence-corrected chi connectivity index (χ4v) is 2.57. The first kappa shape index (κ1) is 16.8. The Morgan fingerprint density at radius 3 is 2.05 bits per heavy atom. The molecule has 20 heavy (non-hydrogen) atoms. The highest BCUT2D eigenvalue weighted by Gasteiger charge is 2.48. The molecule has 1 saturated carbocycles. The molecule has 0 aromatic heterocycles. The Morgan fingerprint density at radius 2 is 1.75 bits per heavy atom. The largest absolute Gasteiger partial charge is 0.406 e. The summed E-state index contributed by atoms with van der Waals surface area (Å²) < 4.78 is 37.9. The van der Waals surface area contributed by atoms with Crippen LogP contribution in [-0.2, 0) is 4.79 Å². The molecule has 0 atom stereocenters. The van der Waals surface area contributed by atoms with Crippen molar-refractivity contribution in [3.05, 3.63) is 0 Å². The SMILES string of the molecule is CCCC(C#N)(CCC)C(=O)N(CC(F)(F)F)C1CC1. The second-order valence-electron chi connectivity index (χ2n) is 5.47. The number of alkyl halides is 3. The molecule has 1 aliphatic rings. The standard InChI is InChI=1S/C14H21F3N2O/c1-3-7-13(9-18,8-4-2)12(20)19(11-5-6-11)10-14(15,16)17/h11H,3-8,10H2,1-2H3. The monoisotopic (exact) mass is 290 g/mol. The van der Waals surface area contributed by atoms with Crippen molar-refractivity contribution in [3.8, 4) is 6.07 Å². The number of halogens is 3. The van der Waals surface area contributed by atoms with Gasteiger partial charge in [-0.1, -0.05) is 26.7 Å². The normalized spacial score (nSPS) is 15.8. The third-order valence-corrected chi connectivity index (χ3v) is 3.58. The predicted octanol–water partition coefficient (Wildman–Crippen LogP) is 3.65. The lowest BCUT2D eigenvalue weighted by Crippen LogP contribution is -2.48. The zero-order chi connectivity index (χ0) is 15.4. The molecule has 0 spiro atoms. The summed E-state index contributed by atoms with van der Waals surface area (Å²) >= 11 is 0. The first-order valence-electron chi connectivity index (χ1n) is 7.08. The summed E-state index contributed by atoms with van der Waals surface area (Å²) in [5.41, 5.74) is -1.29. The highest BCUT2D eigenvalue weighted by atomic mass is 19.4. The van der Waals surface area contributed by atoms with Crippen molar-refractivity contribution in [2.45, 2.75) is 64.6 Å². The van der Waals surface area contributed by atoms with E-state index >= 15 is 0 Å². The topological polar surface area (TPSA) is 44.1 Å². The molecule has 0 aromatic rings. The second kappa shape index (κ2) is 6.47. The summed E-state index contributed by atoms with van der Waals surface area (Å²) in [7, 11) is 0. The van der Waals surface area contributed by atoms with Crippen molar-refractivity contribution in [1.29, 1.82) is 5.26 Å². The number of nitrogens with zero attached hydrogens (tertiary/aromatic N) is 2. The van der Waals surface area contributed by atoms with Crippen molar-refractivity contribution in [2.24, 2.45) is 5.41 Å². The van der Waals surface area contributed by atoms with E-state index in [9.17, 15) is 23.2 Å². The van der Waals surface area contributed by atoms with Crippen LogP contribution >= 0.6 is 0 Å². The van der Waals surface area contributed by atoms with Crippen LogP contribution in [0, 0.1) is 16.7 Å². The summed E-state index contributed by atoms with van der Waals surface area (Å²) in [6.07, 6.45) is -1.39. The van der Waals surface area contributed by atoms with Gasteiger partial charge in [-0.05, 0) is 25.7 Å². The average molecular weight is 290 g/mol. The number of rotatable bonds is 7. The van der Waals surface area contributed by atoms with Gasteiger partial charge in [0.25, 0.3) is 0 Å². The van der Waals surface area contributed by atoms with Crippen LogP contribution in [0.1, 0.15) is 52.4 Å². The number of hydrogen-bond acceptors (Lipinski definition) is 2. The van der Waals surface area contributed by atoms with E-state index in [1.807, 2.05) is 19.9 Å². The summed E-state index contributed by atoms with van der Waals surface area (Å²) in [6, 6.07) is 1.67. The van der Waals surface area contributed by atoms with Crippen molar-refractivity contribution < 1.29 is 18.0 Å². The van der Waals surface area contributed by atoms with Gasteiger partial charge in [0.15, 0.2) is 0 Å². The number of nitriles is 1. The van der Waals surface area contributed by atoms with E-state index in [-0.39, 0.29) is 6.04 Å². The minimum absolute atomic E-state index is 0.317. The molecule has 1 aliphatic carbocycles. The number of carbonyl (C=O) groups is 1. The molecule has 1 rings (SSSR count). The summed E-state index contributed by atoms with van der Waals surface area (Å²) in [5.74, 6) is -0.636. The minimum atomic E-state index is -4.42. The van der Waals surface area contributed by atoms with Gasteiger partial charge in [0.1, 0.15) is 12.0 Å². The third-order valence-electron chi connectivity index (χ3n) is 3.58. The Kier molecular flexibility index (Phi) is 5.43. The van der Waals surface area contributed by atoms with Crippen LogP contribution in [0.5, 0.6) is 0 Å². The van der Waals surface area contributed by atoms with E-state index in [1.54, 1.807) is 0 Å². The van der Waals surface area contributed by atoms with Gasteiger partial charge in [0.05, 0.1) is 6.07 Å². The summed E-state index contributed by atoms with van der Waals surface area (Å²) in [6.45, 7) is 2.42. The predicted molar refractivity (Wildman–Crippen MR) is 68.7 cm³/mol. The van der Waals surface area contributed by atoms with E-state index in [1.165, 1.54) is 0 Å². The van der Waals surface area contributed by atoms with Crippen LogP contribution in [0.15, 0.2) is 0 Å². The van der Waals surface area contributed by atoms with Gasteiger partial charge in [0, 0.05) is 6.04 Å². The van der Waals surface area contributed by atoms with Gasteiger partial charge in [-0.25, -0.2) is 0 Å². The zero-order valence-corrected chi connectivity index (χ0v) is 12.0. The molecule has 0 unspecified atom stereocenters. The van der Waals surface area contributed by atoms with Crippen molar-refractivity contribution >= 4 is 5.91 Å². The van der Waals surface area contributed by atoms with Crippen LogP contribution in [0.2, 0.25) is 0 Å². The Bertz CT molecular complexity index is 377. The molecule has 1 fully saturated rings. The smallest absolute Gasteiger partial charge is 0.329 e. The Labute approximate surface area is 117 Å². The summed E-state index contributed by atoms with van der Waals surface area (Å²) in [4.78, 5) is 13.4. The molecule has 6 heteroatoms. The van der Waals surface area contributed by atoms with E-state index in [4.69, 9.17) is 0 Å². The van der Waals surface area contributed by atoms with Gasteiger partial charge in [-0.15, -0.1) is 0 Å². The molecule has 0 aromatic carbocycles. The van der Waals surface area contributed by atoms with Gasteiger partial charge >= 0.3 is 6.18 Å². The molecular formula is C14H21F3N2O. The first-order chi connectivity index (χ1) is 9.29. The average Bonchev–Trinajstić information content (AvgIpc) is 3.18. The Hall–Kier alpha value is -1.25. The molecule has 0 saturated heterocycles. The summed E-state index contributed by atoms with van der Waals surface area (Å²) in [5, 5.41) is 9.38. The quantitative estimate of drug-likeness (QED) is 0.718. The second-order valence-corrected chi connectivity index (χ2v) is 5.47. The lowest BCUT2D eigenvalue weighted by atomic mass is 9.79. The third kappa shape index (κ3) is 4.12. The molecule has 0 aliphatic heterocycles. The van der Waals surface area contributed by atoms with Gasteiger partial charge < -0.3 is 4.90 Å². The maximum atomic E-state index is 12.6. The number of hydrogen-bond donors (Lipinski definition) is 0. The van der Waals surface area contributed by atoms with E-state index in [2.05, 4.69) is 0 Å². The van der Waals surface area contributed by atoms with Gasteiger partial charge in [-0.2, -0.15) is 18.4 Å². The van der Waals surface area contributed by atoms with Gasteiger partial charge in [0.2, 0.25) is 5.91 Å². The highest BCUT2D eigenvalue weighted by molar-refractivity contribution is 5.86. The van der Waals surface area contributed by atoms with Crippen LogP contribution < -0.4 is 0 Å². The maximum absolute atomic E-state index is 12.6. The first-order valence-corrected chi connectivity index (χ1v) is 7.08. The maximum Gasteiger partial charge on any atom is 0.406 e. The molecule has 0 radical (unpaired) electrons. The van der Waals surface area contributed by atoms with Crippen LogP contribution in [0.25, 0.3) is 0 Å². The number of carbonyl (C=O) groups excluding carboxylic acids is 1. The van der Waals surface area contributed by atoms with Crippen LogP contribution in [0.4, 0.5) is 13.2 Å². The number of amides is 1. The van der Waals surface area contributed by atoms with Crippen LogP contribution in [0.3, 0.4) is 0 Å². The molecule has 3 nitrogen and oxygen atoms in total. The Morgan fingerprint density at radius 1 is 1.25 bits per heavy atom. The molecule has 114 valence electrons.